The number of carbonyl (C=O) groups excluding carboxylic acids is 1. The highest BCUT2D eigenvalue weighted by atomic mass is 16.7. The molecule has 0 bridgehead atoms. The van der Waals surface area contributed by atoms with Gasteiger partial charge in [-0.2, -0.15) is 5.48 Å². The zero-order valence-corrected chi connectivity index (χ0v) is 12.7. The molecule has 1 aromatic carbocycles. The van der Waals surface area contributed by atoms with Crippen molar-refractivity contribution in [2.45, 2.75) is 39.2 Å². The van der Waals surface area contributed by atoms with Crippen LogP contribution in [0.3, 0.4) is 0 Å². The number of hydrogen-bond donors (Lipinski definition) is 2. The standard InChI is InChI=1S/C15H21NO5/c1-10-6-5-7-11(8-10)12(13(17)18)9-20-16-14(19)21-15(2,3)4/h5-8,12H,9H2,1-4H3,(H,16,19)(H,17,18). The number of carboxylic acids is 1. The number of hydrogen-bond acceptors (Lipinski definition) is 4. The highest BCUT2D eigenvalue weighted by molar-refractivity contribution is 5.76. The molecule has 0 spiro atoms. The Balaban J connectivity index is 2.57. The van der Waals surface area contributed by atoms with Crippen LogP contribution in [-0.4, -0.2) is 29.4 Å². The molecule has 6 heteroatoms. The van der Waals surface area contributed by atoms with Crippen LogP contribution in [0.1, 0.15) is 37.8 Å². The van der Waals surface area contributed by atoms with Crippen LogP contribution in [0.5, 0.6) is 0 Å². The second kappa shape index (κ2) is 7.08. The number of carboxylic acid groups (broad SMARTS) is 1. The van der Waals surface area contributed by atoms with Crippen molar-refractivity contribution in [1.29, 1.82) is 0 Å². The van der Waals surface area contributed by atoms with E-state index >= 15 is 0 Å². The molecule has 2 N–H and O–H groups in total. The Morgan fingerprint density at radius 2 is 2.00 bits per heavy atom. The number of ether oxygens (including phenoxy) is 1. The molecule has 0 aliphatic heterocycles. The van der Waals surface area contributed by atoms with Crippen molar-refractivity contribution in [2.75, 3.05) is 6.61 Å². The second-order valence-electron chi connectivity index (χ2n) is 5.72. The molecule has 0 fully saturated rings. The average molecular weight is 295 g/mol. The van der Waals surface area contributed by atoms with Gasteiger partial charge in [0.1, 0.15) is 11.5 Å². The Morgan fingerprint density at radius 3 is 2.52 bits per heavy atom. The first-order valence-electron chi connectivity index (χ1n) is 6.59. The summed E-state index contributed by atoms with van der Waals surface area (Å²) >= 11 is 0. The molecule has 1 rings (SSSR count). The van der Waals surface area contributed by atoms with Crippen LogP contribution in [-0.2, 0) is 14.4 Å². The Bertz CT molecular complexity index is 507. The number of aryl methyl sites for hydroxylation is 1. The van der Waals surface area contributed by atoms with E-state index in [1.807, 2.05) is 13.0 Å². The molecule has 0 saturated heterocycles. The van der Waals surface area contributed by atoms with Crippen LogP contribution in [0.2, 0.25) is 0 Å². The Morgan fingerprint density at radius 1 is 1.33 bits per heavy atom. The lowest BCUT2D eigenvalue weighted by molar-refractivity contribution is -0.141. The molecule has 0 aliphatic rings. The fourth-order valence-electron chi connectivity index (χ4n) is 1.68. The molecular formula is C15H21NO5. The van der Waals surface area contributed by atoms with Crippen molar-refractivity contribution in [3.05, 3.63) is 35.4 Å². The highest BCUT2D eigenvalue weighted by Gasteiger charge is 2.22. The maximum atomic E-state index is 11.4. The molecule has 1 aromatic rings. The molecular weight excluding hydrogens is 274 g/mol. The number of carbonyl (C=O) groups is 2. The van der Waals surface area contributed by atoms with Gasteiger partial charge in [0.05, 0.1) is 6.61 Å². The number of nitrogens with one attached hydrogen (secondary N) is 1. The predicted molar refractivity (Wildman–Crippen MR) is 76.9 cm³/mol. The van der Waals surface area contributed by atoms with Crippen LogP contribution in [0.4, 0.5) is 4.79 Å². The van der Waals surface area contributed by atoms with E-state index in [-0.39, 0.29) is 6.61 Å². The molecule has 0 aromatic heterocycles. The number of amides is 1. The topological polar surface area (TPSA) is 84.9 Å². The summed E-state index contributed by atoms with van der Waals surface area (Å²) in [6, 6.07) is 7.14. The lowest BCUT2D eigenvalue weighted by Crippen LogP contribution is -2.34. The fourth-order valence-corrected chi connectivity index (χ4v) is 1.68. The molecule has 1 amide bonds. The van der Waals surface area contributed by atoms with E-state index in [1.54, 1.807) is 39.0 Å². The minimum absolute atomic E-state index is 0.183. The second-order valence-corrected chi connectivity index (χ2v) is 5.72. The van der Waals surface area contributed by atoms with Crippen LogP contribution in [0.15, 0.2) is 24.3 Å². The molecule has 6 nitrogen and oxygen atoms in total. The maximum absolute atomic E-state index is 11.4. The van der Waals surface area contributed by atoms with Gasteiger partial charge < -0.3 is 9.84 Å². The first-order chi connectivity index (χ1) is 9.69. The van der Waals surface area contributed by atoms with Gasteiger partial charge in [-0.25, -0.2) is 4.79 Å². The van der Waals surface area contributed by atoms with Crippen molar-refractivity contribution >= 4 is 12.1 Å². The molecule has 0 aliphatic carbocycles. The third-order valence-corrected chi connectivity index (χ3v) is 2.55. The summed E-state index contributed by atoms with van der Waals surface area (Å²) in [5.41, 5.74) is 3.02. The molecule has 0 saturated carbocycles. The number of benzene rings is 1. The summed E-state index contributed by atoms with van der Waals surface area (Å²) in [6.45, 7) is 6.86. The Labute approximate surface area is 124 Å². The number of hydroxylamine groups is 1. The van der Waals surface area contributed by atoms with Gasteiger partial charge in [-0.3, -0.25) is 9.63 Å². The van der Waals surface area contributed by atoms with Gasteiger partial charge in [0.15, 0.2) is 0 Å². The van der Waals surface area contributed by atoms with E-state index in [0.29, 0.717) is 5.56 Å². The van der Waals surface area contributed by atoms with Gasteiger partial charge in [-0.15, -0.1) is 0 Å². The van der Waals surface area contributed by atoms with E-state index in [9.17, 15) is 14.7 Å². The predicted octanol–water partition coefficient (Wildman–Crippen LogP) is 2.62. The van der Waals surface area contributed by atoms with Gasteiger partial charge >= 0.3 is 12.1 Å². The van der Waals surface area contributed by atoms with Gasteiger partial charge in [0.2, 0.25) is 0 Å². The first-order valence-corrected chi connectivity index (χ1v) is 6.59. The normalized spacial score (nSPS) is 12.6. The molecule has 1 atom stereocenters. The van der Waals surface area contributed by atoms with Crippen molar-refractivity contribution in [1.82, 2.24) is 5.48 Å². The molecule has 21 heavy (non-hydrogen) atoms. The summed E-state index contributed by atoms with van der Waals surface area (Å²) < 4.78 is 4.98. The summed E-state index contributed by atoms with van der Waals surface area (Å²) in [5, 5.41) is 9.25. The van der Waals surface area contributed by atoms with E-state index in [0.717, 1.165) is 5.56 Å². The monoisotopic (exact) mass is 295 g/mol. The van der Waals surface area contributed by atoms with Gasteiger partial charge in [-0.1, -0.05) is 29.8 Å². The van der Waals surface area contributed by atoms with Crippen LogP contribution >= 0.6 is 0 Å². The van der Waals surface area contributed by atoms with Crippen LogP contribution in [0, 0.1) is 6.92 Å². The lowest BCUT2D eigenvalue weighted by atomic mass is 9.99. The third-order valence-electron chi connectivity index (χ3n) is 2.55. The molecule has 0 heterocycles. The van der Waals surface area contributed by atoms with E-state index in [2.05, 4.69) is 5.48 Å². The van der Waals surface area contributed by atoms with Gasteiger partial charge in [-0.05, 0) is 33.3 Å². The minimum atomic E-state index is -1.02. The number of aliphatic carboxylic acids is 1. The third kappa shape index (κ3) is 6.27. The summed E-state index contributed by atoms with van der Waals surface area (Å²) in [6.07, 6.45) is -0.754. The molecule has 0 radical (unpaired) electrons. The fraction of sp³-hybridized carbons (Fsp3) is 0.467. The largest absolute Gasteiger partial charge is 0.481 e. The van der Waals surface area contributed by atoms with Crippen LogP contribution in [0.25, 0.3) is 0 Å². The maximum Gasteiger partial charge on any atom is 0.431 e. The summed E-state index contributed by atoms with van der Waals surface area (Å²) in [7, 11) is 0. The van der Waals surface area contributed by atoms with Crippen molar-refractivity contribution in [3.63, 3.8) is 0 Å². The Kier molecular flexibility index (Phi) is 5.72. The molecule has 1 unspecified atom stereocenters. The SMILES string of the molecule is Cc1cccc(C(CONC(=O)OC(C)(C)C)C(=O)O)c1. The highest BCUT2D eigenvalue weighted by Crippen LogP contribution is 2.17. The van der Waals surface area contributed by atoms with Crippen molar-refractivity contribution in [3.8, 4) is 0 Å². The average Bonchev–Trinajstić information content (AvgIpc) is 2.31. The summed E-state index contributed by atoms with van der Waals surface area (Å²) in [5.74, 6) is -1.88. The van der Waals surface area contributed by atoms with Crippen molar-refractivity contribution in [2.24, 2.45) is 0 Å². The van der Waals surface area contributed by atoms with Crippen LogP contribution < -0.4 is 5.48 Å². The van der Waals surface area contributed by atoms with Gasteiger partial charge in [0, 0.05) is 0 Å². The minimum Gasteiger partial charge on any atom is -0.481 e. The van der Waals surface area contributed by atoms with Crippen molar-refractivity contribution < 1.29 is 24.3 Å². The Hall–Kier alpha value is -2.08. The number of rotatable bonds is 5. The first kappa shape index (κ1) is 17.0. The van der Waals surface area contributed by atoms with E-state index in [4.69, 9.17) is 9.57 Å². The zero-order chi connectivity index (χ0) is 16.0. The van der Waals surface area contributed by atoms with E-state index < -0.39 is 23.6 Å². The summed E-state index contributed by atoms with van der Waals surface area (Å²) in [4.78, 5) is 27.6. The smallest absolute Gasteiger partial charge is 0.431 e. The molecule has 116 valence electrons. The zero-order valence-electron chi connectivity index (χ0n) is 12.7. The lowest BCUT2D eigenvalue weighted by Gasteiger charge is -2.20. The van der Waals surface area contributed by atoms with E-state index in [1.165, 1.54) is 0 Å². The quantitative estimate of drug-likeness (QED) is 0.816. The van der Waals surface area contributed by atoms with Gasteiger partial charge in [0.25, 0.3) is 0 Å².